The Bertz CT molecular complexity index is 348. The zero-order chi connectivity index (χ0) is 9.80. The Labute approximate surface area is 82.4 Å². The summed E-state index contributed by atoms with van der Waals surface area (Å²) >= 11 is 0. The van der Waals surface area contributed by atoms with Gasteiger partial charge in [0.05, 0.1) is 12.3 Å². The van der Waals surface area contributed by atoms with E-state index in [4.69, 9.17) is 4.74 Å². The van der Waals surface area contributed by atoms with Crippen LogP contribution in [0.15, 0.2) is 29.3 Å². The Morgan fingerprint density at radius 2 is 2.07 bits per heavy atom. The summed E-state index contributed by atoms with van der Waals surface area (Å²) in [7, 11) is 0. The SMILES string of the molecule is O=C=Nc1ccc(OCC2CC2)cc1. The van der Waals surface area contributed by atoms with Crippen molar-refractivity contribution in [3.05, 3.63) is 24.3 Å². The summed E-state index contributed by atoms with van der Waals surface area (Å²) in [5.74, 6) is 1.59. The van der Waals surface area contributed by atoms with Crippen LogP contribution in [0, 0.1) is 5.92 Å². The highest BCUT2D eigenvalue weighted by Gasteiger charge is 2.21. The largest absolute Gasteiger partial charge is 0.493 e. The number of ether oxygens (including phenoxy) is 1. The van der Waals surface area contributed by atoms with Crippen molar-refractivity contribution in [2.45, 2.75) is 12.8 Å². The van der Waals surface area contributed by atoms with Gasteiger partial charge in [-0.1, -0.05) is 0 Å². The van der Waals surface area contributed by atoms with Crippen LogP contribution in [0.2, 0.25) is 0 Å². The Morgan fingerprint density at radius 1 is 1.36 bits per heavy atom. The average Bonchev–Trinajstić information content (AvgIpc) is 3.01. The molecule has 3 heteroatoms. The number of carbonyl (C=O) groups excluding carboxylic acids is 1. The Kier molecular flexibility index (Phi) is 2.61. The fourth-order valence-electron chi connectivity index (χ4n) is 1.17. The second kappa shape index (κ2) is 4.07. The number of hydrogen-bond acceptors (Lipinski definition) is 3. The van der Waals surface area contributed by atoms with Crippen LogP contribution in [0.25, 0.3) is 0 Å². The zero-order valence-corrected chi connectivity index (χ0v) is 7.77. The van der Waals surface area contributed by atoms with E-state index in [1.54, 1.807) is 12.1 Å². The third-order valence-corrected chi connectivity index (χ3v) is 2.19. The standard InChI is InChI=1S/C11H11NO2/c13-8-12-10-3-5-11(6-4-10)14-7-9-1-2-9/h3-6,9H,1-2,7H2. The summed E-state index contributed by atoms with van der Waals surface area (Å²) in [6.45, 7) is 0.802. The number of nitrogens with zero attached hydrogens (tertiary/aromatic N) is 1. The molecule has 0 heterocycles. The summed E-state index contributed by atoms with van der Waals surface area (Å²) < 4.78 is 5.52. The molecule has 1 aliphatic rings. The van der Waals surface area contributed by atoms with Crippen molar-refractivity contribution >= 4 is 11.8 Å². The first-order valence-corrected chi connectivity index (χ1v) is 4.69. The summed E-state index contributed by atoms with van der Waals surface area (Å²) in [6.07, 6.45) is 4.07. The minimum atomic E-state index is 0.610. The van der Waals surface area contributed by atoms with E-state index in [-0.39, 0.29) is 0 Å². The Morgan fingerprint density at radius 3 is 2.64 bits per heavy atom. The van der Waals surface area contributed by atoms with Gasteiger partial charge in [0.15, 0.2) is 0 Å². The molecule has 0 aliphatic heterocycles. The second-order valence-electron chi connectivity index (χ2n) is 3.45. The molecule has 72 valence electrons. The van der Waals surface area contributed by atoms with Gasteiger partial charge in [-0.25, -0.2) is 4.79 Å². The molecule has 0 saturated heterocycles. The van der Waals surface area contributed by atoms with Crippen molar-refractivity contribution in [1.29, 1.82) is 0 Å². The lowest BCUT2D eigenvalue weighted by atomic mass is 10.3. The van der Waals surface area contributed by atoms with Crippen LogP contribution in [-0.2, 0) is 4.79 Å². The number of aliphatic imine (C=N–C) groups is 1. The van der Waals surface area contributed by atoms with Crippen molar-refractivity contribution in [3.8, 4) is 5.75 Å². The molecule has 1 aromatic carbocycles. The first-order chi connectivity index (χ1) is 6.88. The molecular formula is C11H11NO2. The van der Waals surface area contributed by atoms with Crippen LogP contribution in [0.4, 0.5) is 5.69 Å². The molecule has 1 saturated carbocycles. The maximum atomic E-state index is 9.96. The molecule has 0 aromatic heterocycles. The van der Waals surface area contributed by atoms with Gasteiger partial charge in [0.1, 0.15) is 5.75 Å². The predicted octanol–water partition coefficient (Wildman–Crippen LogP) is 2.44. The van der Waals surface area contributed by atoms with Gasteiger partial charge in [-0.15, -0.1) is 0 Å². The lowest BCUT2D eigenvalue weighted by Crippen LogP contribution is -1.98. The third-order valence-electron chi connectivity index (χ3n) is 2.19. The molecule has 1 aromatic rings. The van der Waals surface area contributed by atoms with Crippen molar-refractivity contribution in [3.63, 3.8) is 0 Å². The van der Waals surface area contributed by atoms with Crippen LogP contribution >= 0.6 is 0 Å². The smallest absolute Gasteiger partial charge is 0.240 e. The maximum absolute atomic E-state index is 9.96. The van der Waals surface area contributed by atoms with Gasteiger partial charge >= 0.3 is 0 Å². The molecule has 0 amide bonds. The highest BCUT2D eigenvalue weighted by atomic mass is 16.5. The fraction of sp³-hybridized carbons (Fsp3) is 0.364. The maximum Gasteiger partial charge on any atom is 0.240 e. The van der Waals surface area contributed by atoms with Crippen LogP contribution in [0.3, 0.4) is 0 Å². The zero-order valence-electron chi connectivity index (χ0n) is 7.77. The number of isocyanates is 1. The molecule has 0 radical (unpaired) electrons. The first kappa shape index (κ1) is 8.97. The van der Waals surface area contributed by atoms with E-state index in [1.165, 1.54) is 18.9 Å². The molecular weight excluding hydrogens is 178 g/mol. The minimum absolute atomic E-state index is 0.610. The van der Waals surface area contributed by atoms with E-state index in [0.717, 1.165) is 18.3 Å². The van der Waals surface area contributed by atoms with Gasteiger partial charge in [0.25, 0.3) is 0 Å². The van der Waals surface area contributed by atoms with E-state index in [9.17, 15) is 4.79 Å². The molecule has 0 unspecified atom stereocenters. The molecule has 0 N–H and O–H groups in total. The molecule has 2 rings (SSSR count). The summed E-state index contributed by atoms with van der Waals surface area (Å²) in [5.41, 5.74) is 0.610. The Hall–Kier alpha value is -1.60. The van der Waals surface area contributed by atoms with Crippen LogP contribution in [0.1, 0.15) is 12.8 Å². The third kappa shape index (κ3) is 2.44. The van der Waals surface area contributed by atoms with Crippen LogP contribution < -0.4 is 4.74 Å². The minimum Gasteiger partial charge on any atom is -0.493 e. The van der Waals surface area contributed by atoms with E-state index < -0.39 is 0 Å². The van der Waals surface area contributed by atoms with Crippen molar-refractivity contribution in [1.82, 2.24) is 0 Å². The molecule has 1 fully saturated rings. The molecule has 1 aliphatic carbocycles. The van der Waals surface area contributed by atoms with Crippen molar-refractivity contribution in [2.24, 2.45) is 10.9 Å². The highest BCUT2D eigenvalue weighted by Crippen LogP contribution is 2.29. The predicted molar refractivity (Wildman–Crippen MR) is 52.4 cm³/mol. The highest BCUT2D eigenvalue weighted by molar-refractivity contribution is 5.49. The van der Waals surface area contributed by atoms with Gasteiger partial charge in [-0.2, -0.15) is 4.99 Å². The monoisotopic (exact) mass is 189 g/mol. The molecule has 0 atom stereocenters. The summed E-state index contributed by atoms with van der Waals surface area (Å²) in [4.78, 5) is 13.5. The average molecular weight is 189 g/mol. The normalized spacial score (nSPS) is 14.6. The summed E-state index contributed by atoms with van der Waals surface area (Å²) in [6, 6.07) is 7.12. The molecule has 0 bridgehead atoms. The van der Waals surface area contributed by atoms with Gasteiger partial charge in [-0.05, 0) is 43.0 Å². The van der Waals surface area contributed by atoms with E-state index in [0.29, 0.717) is 5.69 Å². The van der Waals surface area contributed by atoms with Gasteiger partial charge in [0, 0.05) is 0 Å². The van der Waals surface area contributed by atoms with Crippen LogP contribution in [0.5, 0.6) is 5.75 Å². The van der Waals surface area contributed by atoms with E-state index in [1.807, 2.05) is 12.1 Å². The van der Waals surface area contributed by atoms with E-state index >= 15 is 0 Å². The number of benzene rings is 1. The topological polar surface area (TPSA) is 38.7 Å². The number of rotatable bonds is 4. The van der Waals surface area contributed by atoms with Gasteiger partial charge in [-0.3, -0.25) is 0 Å². The second-order valence-corrected chi connectivity index (χ2v) is 3.45. The van der Waals surface area contributed by atoms with Crippen molar-refractivity contribution < 1.29 is 9.53 Å². The van der Waals surface area contributed by atoms with Crippen molar-refractivity contribution in [2.75, 3.05) is 6.61 Å². The lowest BCUT2D eigenvalue weighted by molar-refractivity contribution is 0.300. The van der Waals surface area contributed by atoms with Gasteiger partial charge < -0.3 is 4.74 Å². The molecule has 14 heavy (non-hydrogen) atoms. The summed E-state index contributed by atoms with van der Waals surface area (Å²) in [5, 5.41) is 0. The van der Waals surface area contributed by atoms with Gasteiger partial charge in [0.2, 0.25) is 6.08 Å². The van der Waals surface area contributed by atoms with E-state index in [2.05, 4.69) is 4.99 Å². The lowest BCUT2D eigenvalue weighted by Gasteiger charge is -2.03. The first-order valence-electron chi connectivity index (χ1n) is 4.69. The van der Waals surface area contributed by atoms with Crippen LogP contribution in [-0.4, -0.2) is 12.7 Å². The molecule has 0 spiro atoms. The molecule has 3 nitrogen and oxygen atoms in total. The quantitative estimate of drug-likeness (QED) is 0.539. The Balaban J connectivity index is 1.94. The fourth-order valence-corrected chi connectivity index (χ4v) is 1.17. The number of hydrogen-bond donors (Lipinski definition) is 0.